The molecule has 0 fully saturated rings. The first-order valence-corrected chi connectivity index (χ1v) is 9.20. The second-order valence-electron chi connectivity index (χ2n) is 6.83. The fraction of sp³-hybridized carbons (Fsp3) is 0.381. The molecule has 3 rings (SSSR count). The maximum absolute atomic E-state index is 12.8. The normalized spacial score (nSPS) is 14.6. The van der Waals surface area contributed by atoms with Crippen molar-refractivity contribution in [3.8, 4) is 0 Å². The molecule has 0 saturated heterocycles. The summed E-state index contributed by atoms with van der Waals surface area (Å²) in [4.78, 5) is 38.8. The van der Waals surface area contributed by atoms with E-state index in [-0.39, 0.29) is 30.3 Å². The van der Waals surface area contributed by atoms with E-state index in [1.807, 2.05) is 31.2 Å². The van der Waals surface area contributed by atoms with Crippen molar-refractivity contribution in [3.05, 3.63) is 47.5 Å². The van der Waals surface area contributed by atoms with Gasteiger partial charge in [0.1, 0.15) is 0 Å². The van der Waals surface area contributed by atoms with E-state index in [4.69, 9.17) is 0 Å². The predicted octanol–water partition coefficient (Wildman–Crippen LogP) is 3.52. The minimum atomic E-state index is -0.279. The first-order chi connectivity index (χ1) is 12.5. The summed E-state index contributed by atoms with van der Waals surface area (Å²) >= 11 is 0. The molecule has 0 saturated carbocycles. The van der Waals surface area contributed by atoms with Gasteiger partial charge in [0.25, 0.3) is 11.8 Å². The monoisotopic (exact) mass is 352 g/mol. The van der Waals surface area contributed by atoms with Gasteiger partial charge in [0.2, 0.25) is 5.91 Å². The van der Waals surface area contributed by atoms with E-state index < -0.39 is 0 Å². The number of nitrogens with one attached hydrogen (secondary N) is 1. The zero-order valence-electron chi connectivity index (χ0n) is 15.2. The molecule has 26 heavy (non-hydrogen) atoms. The van der Waals surface area contributed by atoms with Crippen LogP contribution in [0, 0.1) is 0 Å². The maximum atomic E-state index is 12.8. The van der Waals surface area contributed by atoms with Crippen LogP contribution in [0.4, 0.5) is 0 Å². The van der Waals surface area contributed by atoms with Crippen molar-refractivity contribution in [1.82, 2.24) is 10.2 Å². The third-order valence-electron chi connectivity index (χ3n) is 4.77. The van der Waals surface area contributed by atoms with Gasteiger partial charge in [-0.2, -0.15) is 0 Å². The highest BCUT2D eigenvalue weighted by molar-refractivity contribution is 6.25. The second kappa shape index (κ2) is 7.68. The molecule has 0 spiro atoms. The van der Waals surface area contributed by atoms with Crippen molar-refractivity contribution < 1.29 is 14.4 Å². The Labute approximate surface area is 153 Å². The van der Waals surface area contributed by atoms with E-state index in [9.17, 15) is 14.4 Å². The number of carbonyl (C=O) groups is 3. The summed E-state index contributed by atoms with van der Waals surface area (Å²) in [7, 11) is 0. The van der Waals surface area contributed by atoms with Crippen molar-refractivity contribution in [2.75, 3.05) is 6.54 Å². The molecule has 5 nitrogen and oxygen atoms in total. The van der Waals surface area contributed by atoms with Crippen LogP contribution in [-0.4, -0.2) is 35.2 Å². The lowest BCUT2D eigenvalue weighted by atomic mass is 9.94. The average Bonchev–Trinajstić information content (AvgIpc) is 2.62. The molecular formula is C21H24N2O3. The van der Waals surface area contributed by atoms with Crippen molar-refractivity contribution in [2.24, 2.45) is 0 Å². The highest BCUT2D eigenvalue weighted by Crippen LogP contribution is 2.29. The summed E-state index contributed by atoms with van der Waals surface area (Å²) in [5, 5.41) is 4.57. The number of benzene rings is 2. The predicted molar refractivity (Wildman–Crippen MR) is 101 cm³/mol. The first kappa shape index (κ1) is 18.1. The summed E-state index contributed by atoms with van der Waals surface area (Å²) in [6, 6.07) is 11.1. The van der Waals surface area contributed by atoms with Crippen molar-refractivity contribution in [3.63, 3.8) is 0 Å². The molecule has 5 heteroatoms. The number of carbonyl (C=O) groups excluding carboxylic acids is 3. The third-order valence-corrected chi connectivity index (χ3v) is 4.77. The van der Waals surface area contributed by atoms with E-state index in [0.29, 0.717) is 24.0 Å². The SMILES string of the molecule is CCCC(C)NC(=O)CCCN1C(=O)c2cccc3cccc(c23)C1=O. The van der Waals surface area contributed by atoms with Crippen LogP contribution in [0.5, 0.6) is 0 Å². The van der Waals surface area contributed by atoms with Gasteiger partial charge in [-0.3, -0.25) is 19.3 Å². The Balaban J connectivity index is 1.68. The van der Waals surface area contributed by atoms with Gasteiger partial charge < -0.3 is 5.32 Å². The molecule has 1 aliphatic rings. The molecule has 1 heterocycles. The lowest BCUT2D eigenvalue weighted by Gasteiger charge is -2.27. The van der Waals surface area contributed by atoms with Gasteiger partial charge in [-0.25, -0.2) is 0 Å². The van der Waals surface area contributed by atoms with Crippen LogP contribution < -0.4 is 5.32 Å². The van der Waals surface area contributed by atoms with Crippen LogP contribution in [0.2, 0.25) is 0 Å². The van der Waals surface area contributed by atoms with Gasteiger partial charge in [0.05, 0.1) is 0 Å². The van der Waals surface area contributed by atoms with E-state index in [1.54, 1.807) is 12.1 Å². The van der Waals surface area contributed by atoms with Crippen molar-refractivity contribution >= 4 is 28.5 Å². The third kappa shape index (κ3) is 3.47. The van der Waals surface area contributed by atoms with Crippen LogP contribution >= 0.6 is 0 Å². The smallest absolute Gasteiger partial charge is 0.261 e. The van der Waals surface area contributed by atoms with Gasteiger partial charge in [0, 0.05) is 35.5 Å². The summed E-state index contributed by atoms with van der Waals surface area (Å²) < 4.78 is 0. The quantitative estimate of drug-likeness (QED) is 0.775. The molecule has 2 aromatic rings. The van der Waals surface area contributed by atoms with Crippen molar-refractivity contribution in [2.45, 2.75) is 45.6 Å². The zero-order valence-corrected chi connectivity index (χ0v) is 15.2. The molecule has 136 valence electrons. The fourth-order valence-corrected chi connectivity index (χ4v) is 3.53. The van der Waals surface area contributed by atoms with Gasteiger partial charge in [0.15, 0.2) is 0 Å². The molecule has 1 aliphatic heterocycles. The zero-order chi connectivity index (χ0) is 18.7. The van der Waals surface area contributed by atoms with Crippen LogP contribution in [-0.2, 0) is 4.79 Å². The minimum absolute atomic E-state index is 0.0367. The molecule has 2 aromatic carbocycles. The number of amides is 3. The van der Waals surface area contributed by atoms with Crippen LogP contribution in [0.25, 0.3) is 10.8 Å². The van der Waals surface area contributed by atoms with Crippen LogP contribution in [0.1, 0.15) is 60.2 Å². The summed E-state index contributed by atoms with van der Waals surface area (Å²) in [6.07, 6.45) is 2.72. The lowest BCUT2D eigenvalue weighted by Crippen LogP contribution is -2.41. The Kier molecular flexibility index (Phi) is 5.35. The lowest BCUT2D eigenvalue weighted by molar-refractivity contribution is -0.121. The molecule has 1 unspecified atom stereocenters. The Morgan fingerprint density at radius 1 is 1.08 bits per heavy atom. The number of hydrogen-bond acceptors (Lipinski definition) is 3. The Morgan fingerprint density at radius 2 is 1.69 bits per heavy atom. The molecule has 1 N–H and O–H groups in total. The summed E-state index contributed by atoms with van der Waals surface area (Å²) in [5.74, 6) is -0.594. The van der Waals surface area contributed by atoms with Gasteiger partial charge in [-0.15, -0.1) is 0 Å². The molecule has 3 amide bonds. The molecule has 0 aliphatic carbocycles. The second-order valence-corrected chi connectivity index (χ2v) is 6.83. The van der Waals surface area contributed by atoms with E-state index in [2.05, 4.69) is 12.2 Å². The largest absolute Gasteiger partial charge is 0.354 e. The number of hydrogen-bond donors (Lipinski definition) is 1. The topological polar surface area (TPSA) is 66.5 Å². The van der Waals surface area contributed by atoms with E-state index in [1.165, 1.54) is 4.90 Å². The number of nitrogens with zero attached hydrogens (tertiary/aromatic N) is 1. The van der Waals surface area contributed by atoms with Gasteiger partial charge in [-0.1, -0.05) is 37.6 Å². The fourth-order valence-electron chi connectivity index (χ4n) is 3.53. The molecule has 0 aromatic heterocycles. The first-order valence-electron chi connectivity index (χ1n) is 9.20. The van der Waals surface area contributed by atoms with Crippen LogP contribution in [0.15, 0.2) is 36.4 Å². The highest BCUT2D eigenvalue weighted by Gasteiger charge is 2.32. The Bertz CT molecular complexity index is 809. The van der Waals surface area contributed by atoms with E-state index >= 15 is 0 Å². The minimum Gasteiger partial charge on any atom is -0.354 e. The average molecular weight is 352 g/mol. The number of rotatable bonds is 7. The molecular weight excluding hydrogens is 328 g/mol. The summed E-state index contributed by atoms with van der Waals surface area (Å²) in [5.41, 5.74) is 1.11. The number of imide groups is 1. The van der Waals surface area contributed by atoms with Crippen LogP contribution in [0.3, 0.4) is 0 Å². The molecule has 1 atom stereocenters. The Morgan fingerprint density at radius 3 is 2.27 bits per heavy atom. The van der Waals surface area contributed by atoms with Gasteiger partial charge >= 0.3 is 0 Å². The Hall–Kier alpha value is -2.69. The molecule has 0 bridgehead atoms. The van der Waals surface area contributed by atoms with E-state index in [0.717, 1.165) is 23.6 Å². The maximum Gasteiger partial charge on any atom is 0.261 e. The highest BCUT2D eigenvalue weighted by atomic mass is 16.2. The van der Waals surface area contributed by atoms with Gasteiger partial charge in [-0.05, 0) is 37.3 Å². The van der Waals surface area contributed by atoms with Crippen molar-refractivity contribution in [1.29, 1.82) is 0 Å². The summed E-state index contributed by atoms with van der Waals surface area (Å²) in [6.45, 7) is 4.31. The molecule has 0 radical (unpaired) electrons. The standard InChI is InChI=1S/C21H24N2O3/c1-3-7-14(2)22-18(24)12-6-13-23-20(25)16-10-4-8-15-9-5-11-17(19(15)16)21(23)26/h4-5,8-11,14H,3,6-7,12-13H2,1-2H3,(H,22,24).